The molecule has 0 aliphatic carbocycles. The molecule has 1 fully saturated rings. The second-order valence-electron chi connectivity index (χ2n) is 4.03. The lowest BCUT2D eigenvalue weighted by Gasteiger charge is -2.28. The van der Waals surface area contributed by atoms with E-state index in [4.69, 9.17) is 21.1 Å². The van der Waals surface area contributed by atoms with Crippen LogP contribution in [0.2, 0.25) is 5.02 Å². The van der Waals surface area contributed by atoms with E-state index in [1.165, 1.54) is 0 Å². The highest BCUT2D eigenvalue weighted by Crippen LogP contribution is 2.16. The zero-order chi connectivity index (χ0) is 11.4. The molecule has 0 radical (unpaired) electrons. The first-order valence-electron chi connectivity index (χ1n) is 5.47. The Morgan fingerprint density at radius 1 is 1.44 bits per heavy atom. The van der Waals surface area contributed by atoms with E-state index in [2.05, 4.69) is 12.2 Å². The average Bonchev–Trinajstić information content (AvgIpc) is 2.30. The Labute approximate surface area is 101 Å². The van der Waals surface area contributed by atoms with Crippen molar-refractivity contribution in [2.24, 2.45) is 0 Å². The van der Waals surface area contributed by atoms with Gasteiger partial charge >= 0.3 is 0 Å². The number of hydrogen-bond acceptors (Lipinski definition) is 3. The third-order valence-electron chi connectivity index (χ3n) is 2.53. The van der Waals surface area contributed by atoms with Gasteiger partial charge in [-0.3, -0.25) is 0 Å². The molecule has 1 aliphatic heterocycles. The Hall–Kier alpha value is -0.770. The summed E-state index contributed by atoms with van der Waals surface area (Å²) < 4.78 is 11.2. The number of nitrogens with one attached hydrogen (secondary N) is 1. The van der Waals surface area contributed by atoms with Gasteiger partial charge in [-0.1, -0.05) is 11.6 Å². The summed E-state index contributed by atoms with van der Waals surface area (Å²) in [6, 6.07) is 7.80. The van der Waals surface area contributed by atoms with Gasteiger partial charge in [0.1, 0.15) is 18.5 Å². The van der Waals surface area contributed by atoms with Crippen molar-refractivity contribution in [1.82, 2.24) is 5.32 Å². The number of ether oxygens (including phenoxy) is 2. The van der Waals surface area contributed by atoms with Crippen LogP contribution < -0.4 is 10.1 Å². The zero-order valence-electron chi connectivity index (χ0n) is 9.28. The fraction of sp³-hybridized carbons (Fsp3) is 0.500. The monoisotopic (exact) mass is 241 g/mol. The van der Waals surface area contributed by atoms with E-state index in [0.29, 0.717) is 12.6 Å². The van der Waals surface area contributed by atoms with Gasteiger partial charge < -0.3 is 14.8 Å². The fourth-order valence-corrected chi connectivity index (χ4v) is 1.68. The highest BCUT2D eigenvalue weighted by Gasteiger charge is 2.18. The third-order valence-corrected chi connectivity index (χ3v) is 2.78. The van der Waals surface area contributed by atoms with Gasteiger partial charge in [0.25, 0.3) is 0 Å². The fourth-order valence-electron chi connectivity index (χ4n) is 1.56. The SMILES string of the molecule is CC1COC(COc2ccc(Cl)cc2)CN1. The lowest BCUT2D eigenvalue weighted by atomic mass is 10.2. The van der Waals surface area contributed by atoms with Crippen LogP contribution in [-0.4, -0.2) is 31.9 Å². The molecule has 2 atom stereocenters. The van der Waals surface area contributed by atoms with Crippen molar-refractivity contribution >= 4 is 11.6 Å². The largest absolute Gasteiger partial charge is 0.491 e. The van der Waals surface area contributed by atoms with Crippen molar-refractivity contribution in [2.45, 2.75) is 19.1 Å². The molecule has 1 aromatic carbocycles. The smallest absolute Gasteiger partial charge is 0.119 e. The minimum Gasteiger partial charge on any atom is -0.491 e. The van der Waals surface area contributed by atoms with Gasteiger partial charge in [0.2, 0.25) is 0 Å². The summed E-state index contributed by atoms with van der Waals surface area (Å²) in [4.78, 5) is 0. The molecule has 0 bridgehead atoms. The van der Waals surface area contributed by atoms with Crippen LogP contribution in [0.1, 0.15) is 6.92 Å². The molecule has 1 saturated heterocycles. The average molecular weight is 242 g/mol. The summed E-state index contributed by atoms with van der Waals surface area (Å²) in [5.41, 5.74) is 0. The van der Waals surface area contributed by atoms with Gasteiger partial charge in [0, 0.05) is 17.6 Å². The second kappa shape index (κ2) is 5.53. The standard InChI is InChI=1S/C12H16ClNO2/c1-9-7-15-12(6-14-9)8-16-11-4-2-10(13)3-5-11/h2-5,9,12,14H,6-8H2,1H3. The van der Waals surface area contributed by atoms with E-state index in [0.717, 1.165) is 23.9 Å². The van der Waals surface area contributed by atoms with E-state index in [1.807, 2.05) is 24.3 Å². The highest BCUT2D eigenvalue weighted by atomic mass is 35.5. The molecule has 0 amide bonds. The number of hydrogen-bond donors (Lipinski definition) is 1. The molecule has 1 aromatic rings. The Bertz CT molecular complexity index is 320. The van der Waals surface area contributed by atoms with E-state index in [1.54, 1.807) is 0 Å². The summed E-state index contributed by atoms with van der Waals surface area (Å²) in [5, 5.41) is 4.07. The van der Waals surface area contributed by atoms with Crippen molar-refractivity contribution in [3.05, 3.63) is 29.3 Å². The molecular weight excluding hydrogens is 226 g/mol. The third kappa shape index (κ3) is 3.37. The molecule has 16 heavy (non-hydrogen) atoms. The summed E-state index contributed by atoms with van der Waals surface area (Å²) in [5.74, 6) is 0.826. The van der Waals surface area contributed by atoms with Crippen molar-refractivity contribution in [1.29, 1.82) is 0 Å². The van der Waals surface area contributed by atoms with Gasteiger partial charge in [-0.25, -0.2) is 0 Å². The topological polar surface area (TPSA) is 30.5 Å². The molecule has 0 spiro atoms. The van der Waals surface area contributed by atoms with Gasteiger partial charge in [-0.15, -0.1) is 0 Å². The van der Waals surface area contributed by atoms with Crippen LogP contribution >= 0.6 is 11.6 Å². The molecule has 1 aliphatic rings. The molecular formula is C12H16ClNO2. The van der Waals surface area contributed by atoms with Crippen LogP contribution in [0.3, 0.4) is 0 Å². The van der Waals surface area contributed by atoms with Crippen LogP contribution in [0.25, 0.3) is 0 Å². The van der Waals surface area contributed by atoms with Crippen LogP contribution in [0.5, 0.6) is 5.75 Å². The summed E-state index contributed by atoms with van der Waals surface area (Å²) in [6.45, 7) is 4.26. The molecule has 2 rings (SSSR count). The van der Waals surface area contributed by atoms with Crippen LogP contribution in [0, 0.1) is 0 Å². The van der Waals surface area contributed by atoms with Crippen molar-refractivity contribution in [3.63, 3.8) is 0 Å². The van der Waals surface area contributed by atoms with E-state index in [-0.39, 0.29) is 6.10 Å². The van der Waals surface area contributed by atoms with Crippen LogP contribution in [0.15, 0.2) is 24.3 Å². The maximum absolute atomic E-state index is 5.79. The van der Waals surface area contributed by atoms with Crippen molar-refractivity contribution < 1.29 is 9.47 Å². The highest BCUT2D eigenvalue weighted by molar-refractivity contribution is 6.30. The normalized spacial score (nSPS) is 25.4. The van der Waals surface area contributed by atoms with Gasteiger partial charge in [0.15, 0.2) is 0 Å². The molecule has 0 saturated carbocycles. The first kappa shape index (κ1) is 11.7. The summed E-state index contributed by atoms with van der Waals surface area (Å²) >= 11 is 5.79. The van der Waals surface area contributed by atoms with E-state index < -0.39 is 0 Å². The molecule has 88 valence electrons. The van der Waals surface area contributed by atoms with Crippen LogP contribution in [-0.2, 0) is 4.74 Å². The Kier molecular flexibility index (Phi) is 4.04. The number of benzene rings is 1. The van der Waals surface area contributed by atoms with Crippen molar-refractivity contribution in [3.8, 4) is 5.75 Å². The predicted octanol–water partition coefficient (Wildman–Crippen LogP) is 2.10. The molecule has 3 nitrogen and oxygen atoms in total. The maximum atomic E-state index is 5.79. The molecule has 0 aromatic heterocycles. The lowest BCUT2D eigenvalue weighted by Crippen LogP contribution is -2.46. The first-order chi connectivity index (χ1) is 7.74. The quantitative estimate of drug-likeness (QED) is 0.879. The van der Waals surface area contributed by atoms with Gasteiger partial charge in [-0.2, -0.15) is 0 Å². The Morgan fingerprint density at radius 3 is 2.81 bits per heavy atom. The molecule has 1 N–H and O–H groups in total. The molecule has 1 heterocycles. The lowest BCUT2D eigenvalue weighted by molar-refractivity contribution is -0.0165. The number of halogens is 1. The minimum absolute atomic E-state index is 0.131. The zero-order valence-corrected chi connectivity index (χ0v) is 10.0. The van der Waals surface area contributed by atoms with E-state index in [9.17, 15) is 0 Å². The predicted molar refractivity (Wildman–Crippen MR) is 64.2 cm³/mol. The molecule has 2 unspecified atom stereocenters. The van der Waals surface area contributed by atoms with E-state index >= 15 is 0 Å². The Morgan fingerprint density at radius 2 is 2.19 bits per heavy atom. The maximum Gasteiger partial charge on any atom is 0.119 e. The minimum atomic E-state index is 0.131. The first-order valence-corrected chi connectivity index (χ1v) is 5.85. The summed E-state index contributed by atoms with van der Waals surface area (Å²) in [6.07, 6.45) is 0.131. The number of rotatable bonds is 3. The second-order valence-corrected chi connectivity index (χ2v) is 4.47. The number of morpholine rings is 1. The van der Waals surface area contributed by atoms with Gasteiger partial charge in [-0.05, 0) is 31.2 Å². The molecule has 4 heteroatoms. The summed E-state index contributed by atoms with van der Waals surface area (Å²) in [7, 11) is 0. The Balaban J connectivity index is 1.77. The van der Waals surface area contributed by atoms with Crippen LogP contribution in [0.4, 0.5) is 0 Å². The van der Waals surface area contributed by atoms with Gasteiger partial charge in [0.05, 0.1) is 6.61 Å². The van der Waals surface area contributed by atoms with Crippen molar-refractivity contribution in [2.75, 3.05) is 19.8 Å².